The van der Waals surface area contributed by atoms with E-state index in [1.807, 2.05) is 0 Å². The molecule has 1 saturated carbocycles. The lowest BCUT2D eigenvalue weighted by atomic mass is 9.76. The second-order valence-corrected chi connectivity index (χ2v) is 9.21. The summed E-state index contributed by atoms with van der Waals surface area (Å²) in [6.45, 7) is 2.81. The molecule has 0 atom stereocenters. The molecular weight excluding hydrogens is 424 g/mol. The van der Waals surface area contributed by atoms with Crippen LogP contribution in [0.5, 0.6) is 0 Å². The minimum Gasteiger partial charge on any atom is -0.336 e. The van der Waals surface area contributed by atoms with Gasteiger partial charge in [0.2, 0.25) is 5.91 Å². The van der Waals surface area contributed by atoms with Crippen LogP contribution in [-0.4, -0.2) is 51.2 Å². The lowest BCUT2D eigenvalue weighted by molar-refractivity contribution is -0.142. The summed E-state index contributed by atoms with van der Waals surface area (Å²) < 4.78 is 55.3. The summed E-state index contributed by atoms with van der Waals surface area (Å²) in [5.41, 5.74) is 0.372. The monoisotopic (exact) mass is 450 g/mol. The van der Waals surface area contributed by atoms with E-state index in [1.165, 1.54) is 35.4 Å². The van der Waals surface area contributed by atoms with E-state index in [0.29, 0.717) is 29.6 Å². The normalized spacial score (nSPS) is 23.4. The molecule has 172 valence electrons. The number of fused-ring (bicyclic) bond motifs is 1. The molecule has 2 aliphatic heterocycles. The van der Waals surface area contributed by atoms with Crippen molar-refractivity contribution in [1.82, 2.24) is 19.6 Å². The highest BCUT2D eigenvalue weighted by Crippen LogP contribution is 2.38. The van der Waals surface area contributed by atoms with Crippen molar-refractivity contribution >= 4 is 5.91 Å². The van der Waals surface area contributed by atoms with Crippen molar-refractivity contribution in [3.8, 4) is 0 Å². The SMILES string of the molecule is O=C(CC1CC(N2CCC2)C1)N1CCc2c(C(F)(F)F)nn(Cc3ccc(F)cc3)c2C1. The zero-order valence-corrected chi connectivity index (χ0v) is 17.7. The van der Waals surface area contributed by atoms with Crippen molar-refractivity contribution in [2.45, 2.75) is 57.4 Å². The predicted octanol–water partition coefficient (Wildman–Crippen LogP) is 3.85. The van der Waals surface area contributed by atoms with E-state index in [2.05, 4.69) is 10.00 Å². The van der Waals surface area contributed by atoms with Crippen LogP contribution in [0, 0.1) is 11.7 Å². The van der Waals surface area contributed by atoms with Gasteiger partial charge in [-0.25, -0.2) is 4.39 Å². The van der Waals surface area contributed by atoms with Gasteiger partial charge in [-0.1, -0.05) is 12.1 Å². The van der Waals surface area contributed by atoms with Gasteiger partial charge in [-0.15, -0.1) is 0 Å². The lowest BCUT2D eigenvalue weighted by Crippen LogP contribution is -2.52. The third-order valence-electron chi connectivity index (χ3n) is 7.09. The van der Waals surface area contributed by atoms with Crippen LogP contribution in [0.3, 0.4) is 0 Å². The quantitative estimate of drug-likeness (QED) is 0.650. The van der Waals surface area contributed by atoms with Crippen LogP contribution in [0.4, 0.5) is 17.6 Å². The molecule has 0 spiro atoms. The van der Waals surface area contributed by atoms with Crippen molar-refractivity contribution in [1.29, 1.82) is 0 Å². The zero-order chi connectivity index (χ0) is 22.5. The molecule has 1 saturated heterocycles. The van der Waals surface area contributed by atoms with E-state index in [9.17, 15) is 22.4 Å². The number of carbonyl (C=O) groups is 1. The van der Waals surface area contributed by atoms with E-state index < -0.39 is 17.7 Å². The third kappa shape index (κ3) is 4.14. The number of aromatic nitrogens is 2. The number of likely N-dealkylation sites (tertiary alicyclic amines) is 1. The highest BCUT2D eigenvalue weighted by molar-refractivity contribution is 5.77. The Bertz CT molecular complexity index is 991. The van der Waals surface area contributed by atoms with Crippen LogP contribution >= 0.6 is 0 Å². The number of carbonyl (C=O) groups excluding carboxylic acids is 1. The first-order valence-corrected chi connectivity index (χ1v) is 11.2. The van der Waals surface area contributed by atoms with Gasteiger partial charge in [0, 0.05) is 24.6 Å². The highest BCUT2D eigenvalue weighted by Gasteiger charge is 2.42. The van der Waals surface area contributed by atoms with E-state index in [4.69, 9.17) is 0 Å². The Balaban J connectivity index is 1.30. The summed E-state index contributed by atoms with van der Waals surface area (Å²) in [4.78, 5) is 17.0. The first kappa shape index (κ1) is 21.4. The molecule has 5 nitrogen and oxygen atoms in total. The Hall–Kier alpha value is -2.42. The lowest BCUT2D eigenvalue weighted by Gasteiger charge is -2.47. The smallest absolute Gasteiger partial charge is 0.336 e. The van der Waals surface area contributed by atoms with Gasteiger partial charge in [-0.2, -0.15) is 18.3 Å². The van der Waals surface area contributed by atoms with Crippen LogP contribution in [0.1, 0.15) is 48.2 Å². The van der Waals surface area contributed by atoms with Gasteiger partial charge in [0.15, 0.2) is 5.69 Å². The zero-order valence-electron chi connectivity index (χ0n) is 17.7. The second kappa shape index (κ2) is 8.17. The maximum Gasteiger partial charge on any atom is 0.435 e. The molecule has 3 heterocycles. The van der Waals surface area contributed by atoms with Crippen molar-refractivity contribution in [2.24, 2.45) is 5.92 Å². The molecule has 2 fully saturated rings. The van der Waals surface area contributed by atoms with Crippen molar-refractivity contribution in [3.05, 3.63) is 52.6 Å². The van der Waals surface area contributed by atoms with E-state index >= 15 is 0 Å². The number of rotatable bonds is 5. The second-order valence-electron chi connectivity index (χ2n) is 9.21. The first-order chi connectivity index (χ1) is 15.3. The molecule has 1 aromatic carbocycles. The van der Waals surface area contributed by atoms with Gasteiger partial charge in [0.25, 0.3) is 0 Å². The fourth-order valence-electron chi connectivity index (χ4n) is 5.06. The van der Waals surface area contributed by atoms with E-state index in [1.54, 1.807) is 4.90 Å². The van der Waals surface area contributed by atoms with Gasteiger partial charge in [0.1, 0.15) is 5.82 Å². The summed E-state index contributed by atoms with van der Waals surface area (Å²) >= 11 is 0. The van der Waals surface area contributed by atoms with Crippen molar-refractivity contribution < 1.29 is 22.4 Å². The fraction of sp³-hybridized carbons (Fsp3) is 0.565. The van der Waals surface area contributed by atoms with Gasteiger partial charge >= 0.3 is 6.18 Å². The van der Waals surface area contributed by atoms with Gasteiger partial charge in [-0.05, 0) is 62.4 Å². The topological polar surface area (TPSA) is 41.4 Å². The number of amides is 1. The molecule has 0 unspecified atom stereocenters. The first-order valence-electron chi connectivity index (χ1n) is 11.2. The summed E-state index contributed by atoms with van der Waals surface area (Å²) in [5.74, 6) is -0.0357. The van der Waals surface area contributed by atoms with Crippen LogP contribution in [-0.2, 0) is 30.5 Å². The average Bonchev–Trinajstić information content (AvgIpc) is 3.04. The molecule has 32 heavy (non-hydrogen) atoms. The fourth-order valence-corrected chi connectivity index (χ4v) is 5.06. The molecule has 9 heteroatoms. The van der Waals surface area contributed by atoms with Crippen molar-refractivity contribution in [3.63, 3.8) is 0 Å². The highest BCUT2D eigenvalue weighted by atomic mass is 19.4. The molecule has 1 amide bonds. The predicted molar refractivity (Wildman–Crippen MR) is 109 cm³/mol. The number of nitrogens with zero attached hydrogens (tertiary/aromatic N) is 4. The van der Waals surface area contributed by atoms with E-state index in [0.717, 1.165) is 25.9 Å². The van der Waals surface area contributed by atoms with E-state index in [-0.39, 0.29) is 37.5 Å². The van der Waals surface area contributed by atoms with Gasteiger partial charge < -0.3 is 9.80 Å². The Kier molecular flexibility index (Phi) is 5.47. The third-order valence-corrected chi connectivity index (χ3v) is 7.09. The molecule has 0 N–H and O–H groups in total. The molecule has 1 aliphatic carbocycles. The maximum absolute atomic E-state index is 13.6. The standard InChI is InChI=1S/C23H26F4N4O/c24-17-4-2-15(3-5-17)13-31-20-14-30(9-6-19(20)22(28-31)23(25,26)27)21(32)12-16-10-18(11-16)29-7-1-8-29/h2-5,16,18H,1,6-14H2. The summed E-state index contributed by atoms with van der Waals surface area (Å²) in [7, 11) is 0. The number of hydrogen-bond donors (Lipinski definition) is 0. The molecule has 2 aromatic rings. The molecule has 0 bridgehead atoms. The van der Waals surface area contributed by atoms with Crippen LogP contribution in [0.25, 0.3) is 0 Å². The minimum absolute atomic E-state index is 0.00537. The van der Waals surface area contributed by atoms with Gasteiger partial charge in [-0.3, -0.25) is 9.48 Å². The molecule has 5 rings (SSSR count). The van der Waals surface area contributed by atoms with Crippen LogP contribution in [0.15, 0.2) is 24.3 Å². The summed E-state index contributed by atoms with van der Waals surface area (Å²) in [6.07, 6.45) is -0.640. The Morgan fingerprint density at radius 1 is 1.09 bits per heavy atom. The molecule has 3 aliphatic rings. The Morgan fingerprint density at radius 2 is 1.81 bits per heavy atom. The summed E-state index contributed by atoms with van der Waals surface area (Å²) in [6, 6.07) is 6.22. The minimum atomic E-state index is -4.55. The average molecular weight is 450 g/mol. The Labute approximate surface area is 184 Å². The summed E-state index contributed by atoms with van der Waals surface area (Å²) in [5, 5.41) is 3.86. The molecule has 0 radical (unpaired) electrons. The number of hydrogen-bond acceptors (Lipinski definition) is 3. The Morgan fingerprint density at radius 3 is 2.44 bits per heavy atom. The van der Waals surface area contributed by atoms with Gasteiger partial charge in [0.05, 0.1) is 18.8 Å². The number of benzene rings is 1. The number of alkyl halides is 3. The van der Waals surface area contributed by atoms with Crippen LogP contribution in [0.2, 0.25) is 0 Å². The van der Waals surface area contributed by atoms with Crippen LogP contribution < -0.4 is 0 Å². The number of halogens is 4. The maximum atomic E-state index is 13.6. The molecular formula is C23H26F4N4O. The van der Waals surface area contributed by atoms with Crippen molar-refractivity contribution in [2.75, 3.05) is 19.6 Å². The molecule has 1 aromatic heterocycles. The largest absolute Gasteiger partial charge is 0.435 e.